The van der Waals surface area contributed by atoms with E-state index >= 15 is 0 Å². The van der Waals surface area contributed by atoms with Gasteiger partial charge in [-0.25, -0.2) is 0 Å². The Morgan fingerprint density at radius 1 is 1.67 bits per heavy atom. The molecule has 0 aromatic carbocycles. The zero-order valence-electron chi connectivity index (χ0n) is 10.1. The molecule has 0 atom stereocenters. The van der Waals surface area contributed by atoms with Crippen LogP contribution in [0.25, 0.3) is 0 Å². The van der Waals surface area contributed by atoms with Crippen molar-refractivity contribution in [3.63, 3.8) is 0 Å². The van der Waals surface area contributed by atoms with E-state index in [1.54, 1.807) is 13.8 Å². The van der Waals surface area contributed by atoms with Gasteiger partial charge < -0.3 is 21.2 Å². The van der Waals surface area contributed by atoms with Crippen molar-refractivity contribution < 1.29 is 9.72 Å². The lowest BCUT2D eigenvalue weighted by Gasteiger charge is -2.23. The molecule has 102 valence electrons. The van der Waals surface area contributed by atoms with Gasteiger partial charge in [0.15, 0.2) is 0 Å². The Balaban J connectivity index is 0.00000289. The first kappa shape index (κ1) is 16.3. The predicted molar refractivity (Wildman–Crippen MR) is 67.4 cm³/mol. The van der Waals surface area contributed by atoms with Gasteiger partial charge in [0.2, 0.25) is 5.91 Å². The summed E-state index contributed by atoms with van der Waals surface area (Å²) in [5.74, 6) is -0.575. The Labute approximate surface area is 110 Å². The van der Waals surface area contributed by atoms with Crippen molar-refractivity contribution in [3.8, 4) is 0 Å². The highest BCUT2D eigenvalue weighted by atomic mass is 35.5. The Kier molecular flexibility index (Phi) is 5.73. The maximum absolute atomic E-state index is 11.6. The number of nitrogens with one attached hydrogen (secondary N) is 1. The third-order valence-corrected chi connectivity index (χ3v) is 2.11. The molecule has 1 aromatic heterocycles. The van der Waals surface area contributed by atoms with Crippen LogP contribution in [0.15, 0.2) is 12.3 Å². The normalized spacial score (nSPS) is 10.6. The molecule has 0 unspecified atom stereocenters. The van der Waals surface area contributed by atoms with Gasteiger partial charge in [0, 0.05) is 12.1 Å². The summed E-state index contributed by atoms with van der Waals surface area (Å²) in [5, 5.41) is 16.7. The van der Waals surface area contributed by atoms with Gasteiger partial charge >= 0.3 is 5.82 Å². The number of nitro groups is 1. The van der Waals surface area contributed by atoms with Crippen LogP contribution in [0, 0.1) is 10.1 Å². The molecule has 1 aromatic rings. The molecule has 0 fully saturated rings. The van der Waals surface area contributed by atoms with Crippen LogP contribution in [0.3, 0.4) is 0 Å². The van der Waals surface area contributed by atoms with Crippen LogP contribution in [0.5, 0.6) is 0 Å². The van der Waals surface area contributed by atoms with Crippen molar-refractivity contribution in [2.24, 2.45) is 5.73 Å². The van der Waals surface area contributed by atoms with Gasteiger partial charge in [-0.15, -0.1) is 12.4 Å². The zero-order valence-corrected chi connectivity index (χ0v) is 10.9. The standard InChI is InChI=1S/C9H15N5O3.ClH/c1-9(2,6-10)11-8(15)5-13-4-3-7(12-13)14(16)17;/h3-4H,5-6,10H2,1-2H3,(H,11,15);1H. The van der Waals surface area contributed by atoms with Crippen LogP contribution in [0.4, 0.5) is 5.82 Å². The molecule has 1 heterocycles. The average Bonchev–Trinajstić information content (AvgIpc) is 2.65. The molecule has 0 aliphatic heterocycles. The number of amides is 1. The van der Waals surface area contributed by atoms with Crippen molar-refractivity contribution in [2.45, 2.75) is 25.9 Å². The van der Waals surface area contributed by atoms with Gasteiger partial charge in [0.25, 0.3) is 0 Å². The van der Waals surface area contributed by atoms with Crippen LogP contribution in [0.2, 0.25) is 0 Å². The van der Waals surface area contributed by atoms with E-state index in [1.165, 1.54) is 16.9 Å². The third kappa shape index (κ3) is 4.68. The number of nitrogens with zero attached hydrogens (tertiary/aromatic N) is 3. The Bertz CT molecular complexity index is 432. The molecule has 0 spiro atoms. The summed E-state index contributed by atoms with van der Waals surface area (Å²) in [4.78, 5) is 21.3. The van der Waals surface area contributed by atoms with Gasteiger partial charge in [-0.2, -0.15) is 4.68 Å². The number of carbonyl (C=O) groups is 1. The average molecular weight is 278 g/mol. The zero-order chi connectivity index (χ0) is 13.1. The lowest BCUT2D eigenvalue weighted by molar-refractivity contribution is -0.389. The first-order chi connectivity index (χ1) is 7.84. The van der Waals surface area contributed by atoms with Gasteiger partial charge in [-0.3, -0.25) is 4.79 Å². The van der Waals surface area contributed by atoms with Crippen molar-refractivity contribution in [2.75, 3.05) is 6.54 Å². The van der Waals surface area contributed by atoms with E-state index in [9.17, 15) is 14.9 Å². The van der Waals surface area contributed by atoms with E-state index in [1.807, 2.05) is 0 Å². The Hall–Kier alpha value is -1.67. The van der Waals surface area contributed by atoms with Crippen LogP contribution in [-0.2, 0) is 11.3 Å². The van der Waals surface area contributed by atoms with Crippen LogP contribution >= 0.6 is 12.4 Å². The summed E-state index contributed by atoms with van der Waals surface area (Å²) < 4.78 is 1.21. The quantitative estimate of drug-likeness (QED) is 0.583. The first-order valence-electron chi connectivity index (χ1n) is 5.03. The van der Waals surface area contributed by atoms with Crippen molar-refractivity contribution in [1.29, 1.82) is 0 Å². The van der Waals surface area contributed by atoms with E-state index < -0.39 is 10.5 Å². The summed E-state index contributed by atoms with van der Waals surface area (Å²) in [6.07, 6.45) is 1.38. The fourth-order valence-electron chi connectivity index (χ4n) is 1.15. The number of carbonyl (C=O) groups excluding carboxylic acids is 1. The molecule has 3 N–H and O–H groups in total. The monoisotopic (exact) mass is 277 g/mol. The predicted octanol–water partition coefficient (Wildman–Crippen LogP) is 0.0666. The molecule has 0 aliphatic carbocycles. The van der Waals surface area contributed by atoms with Gasteiger partial charge in [-0.1, -0.05) is 0 Å². The van der Waals surface area contributed by atoms with E-state index in [0.29, 0.717) is 6.54 Å². The van der Waals surface area contributed by atoms with E-state index in [0.717, 1.165) is 0 Å². The maximum Gasteiger partial charge on any atom is 0.389 e. The molecule has 8 nitrogen and oxygen atoms in total. The number of hydrogen-bond acceptors (Lipinski definition) is 5. The lowest BCUT2D eigenvalue weighted by atomic mass is 10.1. The number of hydrogen-bond donors (Lipinski definition) is 2. The number of nitrogens with two attached hydrogens (primary N) is 1. The van der Waals surface area contributed by atoms with Gasteiger partial charge in [0.1, 0.15) is 6.54 Å². The summed E-state index contributed by atoms with van der Waals surface area (Å²) in [7, 11) is 0. The second-order valence-electron chi connectivity index (χ2n) is 4.26. The highest BCUT2D eigenvalue weighted by Crippen LogP contribution is 2.05. The second kappa shape index (κ2) is 6.31. The molecular formula is C9H16ClN5O3. The fraction of sp³-hybridized carbons (Fsp3) is 0.556. The summed E-state index contributed by atoms with van der Waals surface area (Å²) in [6.45, 7) is 3.81. The molecule has 0 saturated carbocycles. The topological polar surface area (TPSA) is 116 Å². The smallest absolute Gasteiger partial charge is 0.358 e. The maximum atomic E-state index is 11.6. The Morgan fingerprint density at radius 2 is 2.28 bits per heavy atom. The minimum absolute atomic E-state index is 0. The van der Waals surface area contributed by atoms with Crippen molar-refractivity contribution in [1.82, 2.24) is 15.1 Å². The molecule has 1 rings (SSSR count). The molecule has 1 amide bonds. The molecule has 0 radical (unpaired) electrons. The molecule has 0 aliphatic rings. The third-order valence-electron chi connectivity index (χ3n) is 2.11. The largest absolute Gasteiger partial charge is 0.389 e. The minimum Gasteiger partial charge on any atom is -0.358 e. The number of aromatic nitrogens is 2. The molecular weight excluding hydrogens is 262 g/mol. The second-order valence-corrected chi connectivity index (χ2v) is 4.26. The number of rotatable bonds is 5. The molecule has 0 bridgehead atoms. The van der Waals surface area contributed by atoms with E-state index in [4.69, 9.17) is 5.73 Å². The molecule has 18 heavy (non-hydrogen) atoms. The highest BCUT2D eigenvalue weighted by Gasteiger charge is 2.20. The summed E-state index contributed by atoms with van der Waals surface area (Å²) >= 11 is 0. The van der Waals surface area contributed by atoms with Gasteiger partial charge in [-0.05, 0) is 18.8 Å². The summed E-state index contributed by atoms with van der Waals surface area (Å²) in [5.41, 5.74) is 4.96. The number of halogens is 1. The van der Waals surface area contributed by atoms with Crippen LogP contribution in [-0.4, -0.2) is 32.7 Å². The first-order valence-corrected chi connectivity index (χ1v) is 5.03. The van der Waals surface area contributed by atoms with E-state index in [-0.39, 0.29) is 30.7 Å². The lowest BCUT2D eigenvalue weighted by Crippen LogP contribution is -2.49. The fourth-order valence-corrected chi connectivity index (χ4v) is 1.15. The Morgan fingerprint density at radius 3 is 2.72 bits per heavy atom. The summed E-state index contributed by atoms with van der Waals surface area (Å²) in [6, 6.07) is 1.24. The van der Waals surface area contributed by atoms with Crippen LogP contribution in [0.1, 0.15) is 13.8 Å². The molecule has 9 heteroatoms. The minimum atomic E-state index is -0.613. The van der Waals surface area contributed by atoms with Crippen LogP contribution < -0.4 is 11.1 Å². The van der Waals surface area contributed by atoms with Gasteiger partial charge in [0.05, 0.1) is 17.4 Å². The van der Waals surface area contributed by atoms with E-state index in [2.05, 4.69) is 10.4 Å². The van der Waals surface area contributed by atoms with Crippen molar-refractivity contribution in [3.05, 3.63) is 22.4 Å². The molecule has 0 saturated heterocycles. The highest BCUT2D eigenvalue weighted by molar-refractivity contribution is 5.85. The van der Waals surface area contributed by atoms with Crippen molar-refractivity contribution >= 4 is 24.1 Å². The SMILES string of the molecule is CC(C)(CN)NC(=O)Cn1ccc([N+](=O)[O-])n1.Cl.